The van der Waals surface area contributed by atoms with Crippen LogP contribution in [0.25, 0.3) is 0 Å². The fraction of sp³-hybridized carbons (Fsp3) is 0.800. The lowest BCUT2D eigenvalue weighted by atomic mass is 10.1. The lowest BCUT2D eigenvalue weighted by Gasteiger charge is -2.11. The number of rotatable bonds is 4. The molecule has 0 aromatic carbocycles. The molecule has 0 saturated heterocycles. The number of carbonyl (C=O) groups excluding carboxylic acids is 1. The van der Waals surface area contributed by atoms with Gasteiger partial charge in [0.05, 0.1) is 6.61 Å². The summed E-state index contributed by atoms with van der Waals surface area (Å²) in [5, 5.41) is 33.6. The highest BCUT2D eigenvalue weighted by Crippen LogP contribution is 2.25. The van der Waals surface area contributed by atoms with E-state index in [2.05, 4.69) is 0 Å². The molecule has 0 aromatic heterocycles. The van der Waals surface area contributed by atoms with E-state index in [4.69, 9.17) is 39.7 Å². The Balaban J connectivity index is 0. The zero-order valence-corrected chi connectivity index (χ0v) is 8.36. The third-order valence-corrected chi connectivity index (χ3v) is 1.04. The maximum Gasteiger partial charge on any atom is 0.466 e. The van der Waals surface area contributed by atoms with E-state index in [-0.39, 0.29) is 0 Å². The van der Waals surface area contributed by atoms with Crippen molar-refractivity contribution in [3.8, 4) is 0 Å². The van der Waals surface area contributed by atoms with Gasteiger partial charge in [-0.05, 0) is 0 Å². The second kappa shape index (κ2) is 7.85. The van der Waals surface area contributed by atoms with Gasteiger partial charge in [-0.15, -0.1) is 0 Å². The lowest BCUT2D eigenvalue weighted by molar-refractivity contribution is -0.137. The molecule has 10 heteroatoms. The van der Waals surface area contributed by atoms with E-state index in [1.165, 1.54) is 0 Å². The number of hydrogen-bond donors (Lipinski definition) is 7. The van der Waals surface area contributed by atoms with Crippen LogP contribution in [-0.2, 0) is 9.36 Å². The molecule has 0 rings (SSSR count). The summed E-state index contributed by atoms with van der Waals surface area (Å²) in [4.78, 5) is 31.9. The van der Waals surface area contributed by atoms with Crippen LogP contribution in [0.3, 0.4) is 0 Å². The van der Waals surface area contributed by atoms with Gasteiger partial charge in [0.15, 0.2) is 5.78 Å². The van der Waals surface area contributed by atoms with E-state index in [1.54, 1.807) is 0 Å². The second-order valence-corrected chi connectivity index (χ2v) is 3.36. The van der Waals surface area contributed by atoms with Crippen molar-refractivity contribution in [3.63, 3.8) is 0 Å². The third-order valence-electron chi connectivity index (χ3n) is 1.04. The highest BCUT2D eigenvalue weighted by molar-refractivity contribution is 7.45. The first-order valence-corrected chi connectivity index (χ1v) is 5.08. The topological polar surface area (TPSA) is 176 Å². The average Bonchev–Trinajstić information content (AvgIpc) is 2.11. The zero-order valence-electron chi connectivity index (χ0n) is 7.46. The zero-order chi connectivity index (χ0) is 12.6. The largest absolute Gasteiger partial charge is 0.466 e. The summed E-state index contributed by atoms with van der Waals surface area (Å²) >= 11 is 0. The van der Waals surface area contributed by atoms with Crippen molar-refractivity contribution in [2.45, 2.75) is 12.2 Å². The molecule has 0 aliphatic carbocycles. The normalized spacial score (nSPS) is 14.9. The minimum absolute atomic E-state index is 0.701. The third kappa shape index (κ3) is 13.6. The Bertz CT molecular complexity index is 214. The molecule has 0 saturated carbocycles. The predicted molar refractivity (Wildman–Crippen MR) is 45.5 cm³/mol. The minimum atomic E-state index is -4.64. The fourth-order valence-electron chi connectivity index (χ4n) is 0.408. The van der Waals surface area contributed by atoms with Crippen molar-refractivity contribution in [3.05, 3.63) is 0 Å². The van der Waals surface area contributed by atoms with Gasteiger partial charge in [-0.2, -0.15) is 0 Å². The molecule has 9 nitrogen and oxygen atoms in total. The molecule has 0 aromatic rings. The fourth-order valence-corrected chi connectivity index (χ4v) is 0.408. The first-order chi connectivity index (χ1) is 6.63. The number of phosphoric acid groups is 1. The maximum absolute atomic E-state index is 10.3. The molecule has 0 amide bonds. The van der Waals surface area contributed by atoms with Crippen molar-refractivity contribution in [1.29, 1.82) is 0 Å². The van der Waals surface area contributed by atoms with Gasteiger partial charge in [0.1, 0.15) is 18.8 Å². The van der Waals surface area contributed by atoms with Crippen LogP contribution in [0.15, 0.2) is 0 Å². The molecular weight excluding hydrogens is 235 g/mol. The van der Waals surface area contributed by atoms with Crippen LogP contribution in [0.4, 0.5) is 0 Å². The molecule has 0 radical (unpaired) electrons. The number of hydrogen-bond acceptors (Lipinski definition) is 6. The molecule has 0 heterocycles. The number of aliphatic hydroxyl groups is 4. The highest BCUT2D eigenvalue weighted by atomic mass is 31.2. The van der Waals surface area contributed by atoms with E-state index in [1.807, 2.05) is 0 Å². The van der Waals surface area contributed by atoms with Crippen LogP contribution in [0.1, 0.15) is 0 Å². The van der Waals surface area contributed by atoms with Crippen LogP contribution in [-0.4, -0.2) is 66.3 Å². The Kier molecular flexibility index (Phi) is 8.92. The Morgan fingerprint density at radius 3 is 1.67 bits per heavy atom. The van der Waals surface area contributed by atoms with Crippen LogP contribution in [0.5, 0.6) is 0 Å². The molecule has 0 fully saturated rings. The van der Waals surface area contributed by atoms with Gasteiger partial charge >= 0.3 is 7.82 Å². The van der Waals surface area contributed by atoms with Crippen molar-refractivity contribution in [1.82, 2.24) is 0 Å². The molecule has 0 aliphatic heterocycles. The number of ketones is 1. The van der Waals surface area contributed by atoms with Gasteiger partial charge in [0, 0.05) is 0 Å². The molecule has 15 heavy (non-hydrogen) atoms. The summed E-state index contributed by atoms with van der Waals surface area (Å²) in [6.07, 6.45) is -3.19. The smallest absolute Gasteiger partial charge is 0.394 e. The van der Waals surface area contributed by atoms with Crippen LogP contribution in [0.2, 0.25) is 0 Å². The van der Waals surface area contributed by atoms with Crippen molar-refractivity contribution >= 4 is 13.6 Å². The summed E-state index contributed by atoms with van der Waals surface area (Å²) in [6.45, 7) is -1.54. The SMILES string of the molecule is O=C(CO)C(O)C(O)CO.O=P(O)(O)O. The van der Waals surface area contributed by atoms with E-state index < -0.39 is 39.0 Å². The monoisotopic (exact) mass is 248 g/mol. The Labute approximate surface area is 84.5 Å². The predicted octanol–water partition coefficient (Wildman–Crippen LogP) is -3.67. The summed E-state index contributed by atoms with van der Waals surface area (Å²) in [5.41, 5.74) is 0. The number of carbonyl (C=O) groups is 1. The molecule has 0 aliphatic rings. The van der Waals surface area contributed by atoms with Gasteiger partial charge in [-0.25, -0.2) is 4.57 Å². The maximum atomic E-state index is 10.3. The van der Waals surface area contributed by atoms with E-state index >= 15 is 0 Å². The Morgan fingerprint density at radius 1 is 1.13 bits per heavy atom. The van der Waals surface area contributed by atoms with Gasteiger partial charge in [0.25, 0.3) is 0 Å². The quantitative estimate of drug-likeness (QED) is 0.247. The van der Waals surface area contributed by atoms with Crippen molar-refractivity contribution in [2.75, 3.05) is 13.2 Å². The first kappa shape index (κ1) is 17.0. The van der Waals surface area contributed by atoms with E-state index in [0.29, 0.717) is 0 Å². The van der Waals surface area contributed by atoms with Gasteiger partial charge in [-0.3, -0.25) is 4.79 Å². The Hall–Kier alpha value is -0.380. The summed E-state index contributed by atoms with van der Waals surface area (Å²) in [6, 6.07) is 0. The number of aliphatic hydroxyl groups excluding tert-OH is 4. The van der Waals surface area contributed by atoms with E-state index in [0.717, 1.165) is 0 Å². The minimum Gasteiger partial charge on any atom is -0.394 e. The number of Topliss-reactive ketones (excluding diaryl/α,β-unsaturated/α-hetero) is 1. The molecular formula is C5H13O9P. The standard InChI is InChI=1S/C5H10O5.H3O4P/c6-1-3(8)5(10)4(9)2-7;1-5(2,3)4/h3,5-8,10H,1-2H2;(H3,1,2,3,4). The van der Waals surface area contributed by atoms with Crippen LogP contribution < -0.4 is 0 Å². The van der Waals surface area contributed by atoms with Gasteiger partial charge in [-0.1, -0.05) is 0 Å². The van der Waals surface area contributed by atoms with Gasteiger partial charge in [0.2, 0.25) is 0 Å². The van der Waals surface area contributed by atoms with Crippen molar-refractivity contribution < 1.29 is 44.5 Å². The molecule has 92 valence electrons. The van der Waals surface area contributed by atoms with Crippen molar-refractivity contribution in [2.24, 2.45) is 0 Å². The lowest BCUT2D eigenvalue weighted by Crippen LogP contribution is -2.37. The summed E-state index contributed by atoms with van der Waals surface area (Å²) < 4.78 is 8.88. The second-order valence-electron chi connectivity index (χ2n) is 2.33. The summed E-state index contributed by atoms with van der Waals surface area (Å²) in [5.74, 6) is -0.901. The van der Waals surface area contributed by atoms with Crippen LogP contribution in [0, 0.1) is 0 Å². The van der Waals surface area contributed by atoms with Crippen LogP contribution >= 0.6 is 7.82 Å². The molecule has 7 N–H and O–H groups in total. The average molecular weight is 248 g/mol. The molecule has 2 atom stereocenters. The summed E-state index contributed by atoms with van der Waals surface area (Å²) in [7, 11) is -4.64. The molecule has 0 bridgehead atoms. The first-order valence-electron chi connectivity index (χ1n) is 3.52. The van der Waals surface area contributed by atoms with Gasteiger partial charge < -0.3 is 35.1 Å². The molecule has 2 unspecified atom stereocenters. The molecule has 0 spiro atoms. The Morgan fingerprint density at radius 2 is 1.47 bits per heavy atom. The van der Waals surface area contributed by atoms with E-state index in [9.17, 15) is 4.79 Å². The highest BCUT2D eigenvalue weighted by Gasteiger charge is 2.21.